The van der Waals surface area contributed by atoms with Gasteiger partial charge in [0.15, 0.2) is 5.11 Å². The van der Waals surface area contributed by atoms with Crippen LogP contribution in [0, 0.1) is 18.6 Å². The zero-order valence-electron chi connectivity index (χ0n) is 10.5. The largest absolute Gasteiger partial charge is 0.332 e. The van der Waals surface area contributed by atoms with Gasteiger partial charge < -0.3 is 10.6 Å². The number of hydrogen-bond acceptors (Lipinski definition) is 1. The highest BCUT2D eigenvalue weighted by atomic mass is 35.5. The first-order chi connectivity index (χ1) is 9.45. The second-order valence-corrected chi connectivity index (χ2v) is 5.01. The van der Waals surface area contributed by atoms with Crippen LogP contribution >= 0.6 is 23.8 Å². The maximum absolute atomic E-state index is 13.5. The van der Waals surface area contributed by atoms with Gasteiger partial charge in [-0.2, -0.15) is 0 Å². The summed E-state index contributed by atoms with van der Waals surface area (Å²) in [4.78, 5) is 0. The molecule has 2 rings (SSSR count). The Morgan fingerprint density at radius 2 is 1.75 bits per heavy atom. The molecule has 2 N–H and O–H groups in total. The van der Waals surface area contributed by atoms with Crippen LogP contribution in [0.15, 0.2) is 36.4 Å². The Hall–Kier alpha value is -1.72. The van der Waals surface area contributed by atoms with E-state index in [1.807, 2.05) is 0 Å². The minimum atomic E-state index is -0.464. The molecule has 2 aromatic carbocycles. The van der Waals surface area contributed by atoms with Gasteiger partial charge in [-0.25, -0.2) is 8.78 Å². The molecule has 0 unspecified atom stereocenters. The van der Waals surface area contributed by atoms with E-state index in [1.54, 1.807) is 13.0 Å². The van der Waals surface area contributed by atoms with E-state index in [4.69, 9.17) is 23.8 Å². The first-order valence-corrected chi connectivity index (χ1v) is 6.53. The van der Waals surface area contributed by atoms with Gasteiger partial charge in [0.2, 0.25) is 0 Å². The molecule has 0 aliphatic rings. The van der Waals surface area contributed by atoms with Gasteiger partial charge in [-0.05, 0) is 61.1 Å². The zero-order chi connectivity index (χ0) is 14.7. The number of benzene rings is 2. The maximum Gasteiger partial charge on any atom is 0.175 e. The van der Waals surface area contributed by atoms with Gasteiger partial charge in [0.1, 0.15) is 11.6 Å². The monoisotopic (exact) mass is 312 g/mol. The van der Waals surface area contributed by atoms with E-state index in [1.165, 1.54) is 30.3 Å². The standard InChI is InChI=1S/C14H11ClF2N2S/c1-8-6-10(16)3-5-12(8)18-14(20)19-13-7-9(15)2-4-11(13)17/h2-7H,1H3,(H2,18,19,20). The van der Waals surface area contributed by atoms with Gasteiger partial charge in [-0.15, -0.1) is 0 Å². The van der Waals surface area contributed by atoms with Crippen LogP contribution in [-0.2, 0) is 0 Å². The molecule has 104 valence electrons. The summed E-state index contributed by atoms with van der Waals surface area (Å²) < 4.78 is 26.5. The molecule has 0 amide bonds. The molecule has 0 fully saturated rings. The average molecular weight is 313 g/mol. The van der Waals surface area contributed by atoms with Crippen LogP contribution < -0.4 is 10.6 Å². The summed E-state index contributed by atoms with van der Waals surface area (Å²) in [6.07, 6.45) is 0. The van der Waals surface area contributed by atoms with Crippen LogP contribution in [0.4, 0.5) is 20.2 Å². The van der Waals surface area contributed by atoms with Gasteiger partial charge >= 0.3 is 0 Å². The lowest BCUT2D eigenvalue weighted by Gasteiger charge is -2.13. The normalized spacial score (nSPS) is 10.2. The molecule has 0 atom stereocenters. The number of anilines is 2. The number of hydrogen-bond donors (Lipinski definition) is 2. The minimum absolute atomic E-state index is 0.176. The molecule has 0 saturated carbocycles. The van der Waals surface area contributed by atoms with Crippen LogP contribution in [-0.4, -0.2) is 5.11 Å². The molecular formula is C14H11ClF2N2S. The van der Waals surface area contributed by atoms with E-state index in [0.29, 0.717) is 16.3 Å². The Bertz CT molecular complexity index is 662. The Morgan fingerprint density at radius 3 is 2.45 bits per heavy atom. The smallest absolute Gasteiger partial charge is 0.175 e. The van der Waals surface area contributed by atoms with Crippen molar-refractivity contribution in [2.24, 2.45) is 0 Å². The highest BCUT2D eigenvalue weighted by Crippen LogP contribution is 2.20. The van der Waals surface area contributed by atoms with Crippen molar-refractivity contribution in [2.45, 2.75) is 6.92 Å². The summed E-state index contributed by atoms with van der Waals surface area (Å²) in [7, 11) is 0. The summed E-state index contributed by atoms with van der Waals surface area (Å²) >= 11 is 10.9. The van der Waals surface area contributed by atoms with Gasteiger partial charge in [0.05, 0.1) is 5.69 Å². The molecule has 6 heteroatoms. The third-order valence-corrected chi connectivity index (χ3v) is 3.05. The first-order valence-electron chi connectivity index (χ1n) is 5.75. The average Bonchev–Trinajstić information content (AvgIpc) is 2.37. The highest BCUT2D eigenvalue weighted by Gasteiger charge is 2.07. The number of aryl methyl sites for hydroxylation is 1. The molecule has 0 aromatic heterocycles. The quantitative estimate of drug-likeness (QED) is 0.784. The number of nitrogens with one attached hydrogen (secondary N) is 2. The predicted octanol–water partition coefficient (Wildman–Crippen LogP) is 4.74. The Labute approximate surface area is 125 Å². The van der Waals surface area contributed by atoms with Crippen molar-refractivity contribution in [3.8, 4) is 0 Å². The third kappa shape index (κ3) is 3.65. The molecule has 0 spiro atoms. The summed E-state index contributed by atoms with van der Waals surface area (Å²) in [6.45, 7) is 1.74. The van der Waals surface area contributed by atoms with E-state index in [0.717, 1.165) is 0 Å². The first kappa shape index (κ1) is 14.7. The summed E-state index contributed by atoms with van der Waals surface area (Å²) in [5.41, 5.74) is 1.52. The Kier molecular flexibility index (Phi) is 4.52. The van der Waals surface area contributed by atoms with Crippen molar-refractivity contribution in [3.05, 3.63) is 58.6 Å². The van der Waals surface area contributed by atoms with Crippen molar-refractivity contribution in [1.29, 1.82) is 0 Å². The summed E-state index contributed by atoms with van der Waals surface area (Å²) in [5.74, 6) is -0.790. The second-order valence-electron chi connectivity index (χ2n) is 4.16. The molecule has 0 aliphatic heterocycles. The number of thiocarbonyl (C=S) groups is 1. The fraction of sp³-hybridized carbons (Fsp3) is 0.0714. The Balaban J connectivity index is 2.11. The molecule has 0 radical (unpaired) electrons. The molecule has 2 nitrogen and oxygen atoms in total. The molecule has 0 bridgehead atoms. The number of rotatable bonds is 2. The third-order valence-electron chi connectivity index (χ3n) is 2.61. The lowest BCUT2D eigenvalue weighted by molar-refractivity contribution is 0.627. The van der Waals surface area contributed by atoms with Crippen LogP contribution in [0.25, 0.3) is 0 Å². The molecule has 0 heterocycles. The summed E-state index contributed by atoms with van der Waals surface area (Å²) in [6, 6.07) is 8.39. The van der Waals surface area contributed by atoms with E-state index >= 15 is 0 Å². The lowest BCUT2D eigenvalue weighted by Crippen LogP contribution is -2.20. The van der Waals surface area contributed by atoms with Gasteiger partial charge in [-0.3, -0.25) is 0 Å². The molecule has 2 aromatic rings. The van der Waals surface area contributed by atoms with Gasteiger partial charge in [0, 0.05) is 10.7 Å². The van der Waals surface area contributed by atoms with Gasteiger partial charge in [0.25, 0.3) is 0 Å². The van der Waals surface area contributed by atoms with Gasteiger partial charge in [-0.1, -0.05) is 11.6 Å². The topological polar surface area (TPSA) is 24.1 Å². The van der Waals surface area contributed by atoms with E-state index in [-0.39, 0.29) is 16.6 Å². The van der Waals surface area contributed by atoms with E-state index in [9.17, 15) is 8.78 Å². The van der Waals surface area contributed by atoms with Crippen molar-refractivity contribution in [3.63, 3.8) is 0 Å². The predicted molar refractivity (Wildman–Crippen MR) is 82.4 cm³/mol. The fourth-order valence-electron chi connectivity index (χ4n) is 1.64. The zero-order valence-corrected chi connectivity index (χ0v) is 12.1. The van der Waals surface area contributed by atoms with Crippen molar-refractivity contribution in [1.82, 2.24) is 0 Å². The SMILES string of the molecule is Cc1cc(F)ccc1NC(=S)Nc1cc(Cl)ccc1F. The Morgan fingerprint density at radius 1 is 1.05 bits per heavy atom. The molecule has 0 saturated heterocycles. The fourth-order valence-corrected chi connectivity index (χ4v) is 2.03. The maximum atomic E-state index is 13.5. The highest BCUT2D eigenvalue weighted by molar-refractivity contribution is 7.80. The lowest BCUT2D eigenvalue weighted by atomic mass is 10.2. The molecule has 20 heavy (non-hydrogen) atoms. The minimum Gasteiger partial charge on any atom is -0.332 e. The summed E-state index contributed by atoms with van der Waals surface area (Å²) in [5, 5.41) is 6.18. The van der Waals surface area contributed by atoms with E-state index in [2.05, 4.69) is 10.6 Å². The van der Waals surface area contributed by atoms with Crippen LogP contribution in [0.5, 0.6) is 0 Å². The van der Waals surface area contributed by atoms with Crippen molar-refractivity contribution >= 4 is 40.3 Å². The molecule has 0 aliphatic carbocycles. The number of halogens is 3. The van der Waals surface area contributed by atoms with Crippen LogP contribution in [0.3, 0.4) is 0 Å². The second kappa shape index (κ2) is 6.15. The van der Waals surface area contributed by atoms with Crippen molar-refractivity contribution in [2.75, 3.05) is 10.6 Å². The van der Waals surface area contributed by atoms with E-state index < -0.39 is 5.82 Å². The van der Waals surface area contributed by atoms with Crippen LogP contribution in [0.1, 0.15) is 5.56 Å². The van der Waals surface area contributed by atoms with Crippen molar-refractivity contribution < 1.29 is 8.78 Å². The van der Waals surface area contributed by atoms with Crippen LogP contribution in [0.2, 0.25) is 5.02 Å². The molecular weight excluding hydrogens is 302 g/mol.